The largest absolute Gasteiger partial charge is 0.481 e. The van der Waals surface area contributed by atoms with Crippen molar-refractivity contribution in [2.24, 2.45) is 0 Å². The molecular formula is C15H18N2O3. The van der Waals surface area contributed by atoms with E-state index in [4.69, 9.17) is 11.5 Å². The number of terminal acetylenes is 1. The fourth-order valence-electron chi connectivity index (χ4n) is 1.73. The highest BCUT2D eigenvalue weighted by atomic mass is 16.4. The molecule has 5 heteroatoms. The summed E-state index contributed by atoms with van der Waals surface area (Å²) in [5, 5.41) is 11.5. The van der Waals surface area contributed by atoms with Crippen molar-refractivity contribution >= 4 is 17.6 Å². The quantitative estimate of drug-likeness (QED) is 0.550. The SMILES string of the molecule is C#CCNCC(=O)N(CCCC(=O)O)c1ccccc1. The van der Waals surface area contributed by atoms with Crippen molar-refractivity contribution in [3.63, 3.8) is 0 Å². The van der Waals surface area contributed by atoms with E-state index in [9.17, 15) is 9.59 Å². The van der Waals surface area contributed by atoms with Gasteiger partial charge in [0.2, 0.25) is 5.91 Å². The zero-order chi connectivity index (χ0) is 14.8. The molecule has 0 aromatic heterocycles. The molecule has 0 spiro atoms. The van der Waals surface area contributed by atoms with Gasteiger partial charge in [0, 0.05) is 18.7 Å². The van der Waals surface area contributed by atoms with Crippen LogP contribution < -0.4 is 10.2 Å². The standard InChI is InChI=1S/C15H18N2O3/c1-2-10-16-12-14(18)17(11-6-9-15(19)20)13-7-4-3-5-8-13/h1,3-5,7-8,16H,6,9-12H2,(H,19,20). The first-order valence-electron chi connectivity index (χ1n) is 6.36. The molecule has 1 aromatic rings. The van der Waals surface area contributed by atoms with Crippen LogP contribution in [0.2, 0.25) is 0 Å². The van der Waals surface area contributed by atoms with Gasteiger partial charge in [-0.05, 0) is 18.6 Å². The van der Waals surface area contributed by atoms with E-state index in [1.165, 1.54) is 0 Å². The summed E-state index contributed by atoms with van der Waals surface area (Å²) in [4.78, 5) is 24.3. The molecule has 20 heavy (non-hydrogen) atoms. The number of carboxylic acid groups (broad SMARTS) is 1. The third-order valence-electron chi connectivity index (χ3n) is 2.64. The Kier molecular flexibility index (Phi) is 6.87. The maximum Gasteiger partial charge on any atom is 0.303 e. The van der Waals surface area contributed by atoms with Crippen LogP contribution in [-0.2, 0) is 9.59 Å². The molecule has 0 heterocycles. The number of hydrogen-bond donors (Lipinski definition) is 2. The predicted octanol–water partition coefficient (Wildman–Crippen LogP) is 1.11. The number of nitrogens with one attached hydrogen (secondary N) is 1. The molecule has 0 aliphatic rings. The number of carboxylic acids is 1. The predicted molar refractivity (Wildman–Crippen MR) is 77.4 cm³/mol. The number of amides is 1. The lowest BCUT2D eigenvalue weighted by molar-refractivity contribution is -0.137. The summed E-state index contributed by atoms with van der Waals surface area (Å²) in [5.74, 6) is 1.41. The fraction of sp³-hybridized carbons (Fsp3) is 0.333. The van der Waals surface area contributed by atoms with Crippen molar-refractivity contribution in [2.45, 2.75) is 12.8 Å². The Balaban J connectivity index is 2.66. The van der Waals surface area contributed by atoms with Gasteiger partial charge in [-0.2, -0.15) is 0 Å². The minimum Gasteiger partial charge on any atom is -0.481 e. The lowest BCUT2D eigenvalue weighted by Gasteiger charge is -2.22. The molecule has 2 N–H and O–H groups in total. The third-order valence-corrected chi connectivity index (χ3v) is 2.64. The smallest absolute Gasteiger partial charge is 0.303 e. The summed E-state index contributed by atoms with van der Waals surface area (Å²) in [5.41, 5.74) is 0.755. The van der Waals surface area contributed by atoms with E-state index in [1.807, 2.05) is 30.3 Å². The van der Waals surface area contributed by atoms with Gasteiger partial charge in [-0.15, -0.1) is 6.42 Å². The Morgan fingerprint density at radius 3 is 2.60 bits per heavy atom. The number of carbonyl (C=O) groups is 2. The molecule has 0 saturated carbocycles. The van der Waals surface area contributed by atoms with Gasteiger partial charge in [0.15, 0.2) is 0 Å². The number of anilines is 1. The van der Waals surface area contributed by atoms with E-state index in [0.29, 0.717) is 19.5 Å². The number of hydrogen-bond acceptors (Lipinski definition) is 3. The molecule has 0 fully saturated rings. The normalized spacial score (nSPS) is 9.75. The van der Waals surface area contributed by atoms with Crippen LogP contribution >= 0.6 is 0 Å². The molecule has 106 valence electrons. The zero-order valence-corrected chi connectivity index (χ0v) is 11.2. The number of aliphatic carboxylic acids is 1. The lowest BCUT2D eigenvalue weighted by atomic mass is 10.2. The van der Waals surface area contributed by atoms with Gasteiger partial charge >= 0.3 is 5.97 Å². The average Bonchev–Trinajstić information content (AvgIpc) is 2.44. The summed E-state index contributed by atoms with van der Waals surface area (Å²) in [6.45, 7) is 0.822. The van der Waals surface area contributed by atoms with Gasteiger partial charge in [0.25, 0.3) is 0 Å². The molecular weight excluding hydrogens is 256 g/mol. The van der Waals surface area contributed by atoms with E-state index in [0.717, 1.165) is 5.69 Å². The van der Waals surface area contributed by atoms with E-state index in [-0.39, 0.29) is 18.9 Å². The fourth-order valence-corrected chi connectivity index (χ4v) is 1.73. The van der Waals surface area contributed by atoms with Crippen LogP contribution in [0.1, 0.15) is 12.8 Å². The van der Waals surface area contributed by atoms with Crippen LogP contribution in [0.25, 0.3) is 0 Å². The summed E-state index contributed by atoms with van der Waals surface area (Å²) in [7, 11) is 0. The molecule has 1 amide bonds. The first-order valence-corrected chi connectivity index (χ1v) is 6.36. The molecule has 0 aliphatic heterocycles. The monoisotopic (exact) mass is 274 g/mol. The van der Waals surface area contributed by atoms with E-state index < -0.39 is 5.97 Å². The van der Waals surface area contributed by atoms with Crippen LogP contribution in [0, 0.1) is 12.3 Å². The molecule has 1 aromatic carbocycles. The number of rotatable bonds is 8. The highest BCUT2D eigenvalue weighted by Crippen LogP contribution is 2.14. The molecule has 5 nitrogen and oxygen atoms in total. The number of para-hydroxylation sites is 1. The van der Waals surface area contributed by atoms with Crippen molar-refractivity contribution < 1.29 is 14.7 Å². The van der Waals surface area contributed by atoms with Crippen LogP contribution in [0.3, 0.4) is 0 Å². The van der Waals surface area contributed by atoms with Crippen LogP contribution in [0.4, 0.5) is 5.69 Å². The minimum absolute atomic E-state index is 0.0361. The summed E-state index contributed by atoms with van der Waals surface area (Å²) >= 11 is 0. The van der Waals surface area contributed by atoms with Crippen molar-refractivity contribution in [1.82, 2.24) is 5.32 Å². The molecule has 0 unspecified atom stereocenters. The maximum atomic E-state index is 12.1. The minimum atomic E-state index is -0.865. The average molecular weight is 274 g/mol. The first kappa shape index (κ1) is 15.7. The van der Waals surface area contributed by atoms with Crippen molar-refractivity contribution in [2.75, 3.05) is 24.5 Å². The summed E-state index contributed by atoms with van der Waals surface area (Å²) < 4.78 is 0. The second-order valence-corrected chi connectivity index (χ2v) is 4.19. The molecule has 0 saturated heterocycles. The number of carbonyl (C=O) groups excluding carboxylic acids is 1. The molecule has 0 atom stereocenters. The maximum absolute atomic E-state index is 12.1. The zero-order valence-electron chi connectivity index (χ0n) is 11.2. The van der Waals surface area contributed by atoms with Gasteiger partial charge in [-0.1, -0.05) is 24.1 Å². The van der Waals surface area contributed by atoms with Gasteiger partial charge in [-0.25, -0.2) is 0 Å². The van der Waals surface area contributed by atoms with E-state index in [1.54, 1.807) is 4.90 Å². The number of benzene rings is 1. The lowest BCUT2D eigenvalue weighted by Crippen LogP contribution is -2.39. The Labute approximate surface area is 118 Å². The van der Waals surface area contributed by atoms with Crippen LogP contribution in [-0.4, -0.2) is 36.6 Å². The van der Waals surface area contributed by atoms with Gasteiger partial charge in [-0.3, -0.25) is 14.9 Å². The Morgan fingerprint density at radius 2 is 2.00 bits per heavy atom. The van der Waals surface area contributed by atoms with Crippen molar-refractivity contribution in [3.8, 4) is 12.3 Å². The second-order valence-electron chi connectivity index (χ2n) is 4.19. The topological polar surface area (TPSA) is 69.6 Å². The Bertz CT molecular complexity index is 480. The summed E-state index contributed by atoms with van der Waals surface area (Å²) in [6.07, 6.45) is 5.56. The Morgan fingerprint density at radius 1 is 1.30 bits per heavy atom. The van der Waals surface area contributed by atoms with Crippen molar-refractivity contribution in [3.05, 3.63) is 30.3 Å². The van der Waals surface area contributed by atoms with E-state index >= 15 is 0 Å². The first-order chi connectivity index (χ1) is 9.65. The van der Waals surface area contributed by atoms with Gasteiger partial charge in [0.1, 0.15) is 0 Å². The third kappa shape index (κ3) is 5.55. The summed E-state index contributed by atoms with van der Waals surface area (Å²) in [6, 6.07) is 9.17. The molecule has 0 radical (unpaired) electrons. The highest BCUT2D eigenvalue weighted by molar-refractivity contribution is 5.94. The van der Waals surface area contributed by atoms with Crippen molar-refractivity contribution in [1.29, 1.82) is 0 Å². The molecule has 0 aliphatic carbocycles. The number of nitrogens with zero attached hydrogens (tertiary/aromatic N) is 1. The van der Waals surface area contributed by atoms with E-state index in [2.05, 4.69) is 11.2 Å². The highest BCUT2D eigenvalue weighted by Gasteiger charge is 2.15. The Hall–Kier alpha value is -2.32. The van der Waals surface area contributed by atoms with Crippen LogP contribution in [0.5, 0.6) is 0 Å². The second kappa shape index (κ2) is 8.73. The van der Waals surface area contributed by atoms with Gasteiger partial charge < -0.3 is 10.0 Å². The molecule has 1 rings (SSSR count). The van der Waals surface area contributed by atoms with Crippen LogP contribution in [0.15, 0.2) is 30.3 Å². The molecule has 0 bridgehead atoms. The van der Waals surface area contributed by atoms with Gasteiger partial charge in [0.05, 0.1) is 13.1 Å².